The molecule has 0 bridgehead atoms. The monoisotopic (exact) mass is 514 g/mol. The molecule has 0 radical (unpaired) electrons. The average Bonchev–Trinajstić information content (AvgIpc) is 3.60. The first-order valence-electron chi connectivity index (χ1n) is 11.7. The lowest BCUT2D eigenvalue weighted by atomic mass is 9.82. The Hall–Kier alpha value is -2.91. The van der Waals surface area contributed by atoms with Gasteiger partial charge in [-0.2, -0.15) is 0 Å². The first kappa shape index (κ1) is 23.8. The molecule has 1 aromatic carbocycles. The summed E-state index contributed by atoms with van der Waals surface area (Å²) in [5, 5.41) is 1.01. The maximum Gasteiger partial charge on any atom is 0.237 e. The third-order valence-corrected chi connectivity index (χ3v) is 9.26. The number of sulfonamides is 1. The number of hydrogen-bond donors (Lipinski definition) is 1. The van der Waals surface area contributed by atoms with Crippen molar-refractivity contribution in [1.82, 2.24) is 14.3 Å². The SMILES string of the molecule is CCC1(C)C(=O)N(Cc2cc3cc(Cl)ccc3n2CCC(=O)NS(=O)(=O)C2CC2)c2cnccc21. The smallest absolute Gasteiger partial charge is 0.237 e. The van der Waals surface area contributed by atoms with E-state index in [0.717, 1.165) is 27.8 Å². The second-order valence-corrected chi connectivity index (χ2v) is 11.9. The van der Waals surface area contributed by atoms with Crippen LogP contribution in [-0.4, -0.2) is 35.0 Å². The third-order valence-electron chi connectivity index (χ3n) is 7.16. The van der Waals surface area contributed by atoms with E-state index in [9.17, 15) is 18.0 Å². The molecular weight excluding hydrogens is 488 g/mol. The molecule has 5 rings (SSSR count). The number of aryl methyl sites for hydroxylation is 1. The molecule has 3 aromatic rings. The molecule has 3 heterocycles. The number of nitrogens with zero attached hydrogens (tertiary/aromatic N) is 3. The molecule has 1 unspecified atom stereocenters. The summed E-state index contributed by atoms with van der Waals surface area (Å²) in [6.45, 7) is 4.51. The van der Waals surface area contributed by atoms with Crippen LogP contribution in [0.2, 0.25) is 5.02 Å². The fourth-order valence-electron chi connectivity index (χ4n) is 4.83. The Morgan fingerprint density at radius 1 is 1.26 bits per heavy atom. The number of rotatable bonds is 8. The van der Waals surface area contributed by atoms with Crippen molar-refractivity contribution < 1.29 is 18.0 Å². The number of pyridine rings is 1. The molecule has 10 heteroatoms. The van der Waals surface area contributed by atoms with Gasteiger partial charge in [-0.05, 0) is 62.1 Å². The number of nitrogens with one attached hydrogen (secondary N) is 1. The summed E-state index contributed by atoms with van der Waals surface area (Å²) >= 11 is 6.22. The topological polar surface area (TPSA) is 101 Å². The van der Waals surface area contributed by atoms with Crippen LogP contribution < -0.4 is 9.62 Å². The quantitative estimate of drug-likeness (QED) is 0.491. The van der Waals surface area contributed by atoms with Crippen LogP contribution in [-0.2, 0) is 38.1 Å². The molecule has 1 N–H and O–H groups in total. The molecule has 2 amide bonds. The van der Waals surface area contributed by atoms with Crippen LogP contribution >= 0.6 is 11.6 Å². The van der Waals surface area contributed by atoms with Gasteiger partial charge in [0, 0.05) is 40.8 Å². The van der Waals surface area contributed by atoms with Crippen molar-refractivity contribution in [3.8, 4) is 0 Å². The van der Waals surface area contributed by atoms with Gasteiger partial charge >= 0.3 is 0 Å². The number of amides is 2. The second-order valence-electron chi connectivity index (χ2n) is 9.48. The minimum Gasteiger partial charge on any atom is -0.342 e. The molecule has 1 atom stereocenters. The van der Waals surface area contributed by atoms with E-state index < -0.39 is 26.6 Å². The van der Waals surface area contributed by atoms with Crippen molar-refractivity contribution in [3.05, 3.63) is 59.0 Å². The zero-order valence-corrected chi connectivity index (χ0v) is 21.2. The standard InChI is InChI=1S/C25H27ClN4O4S/c1-3-25(2)20-8-10-27-14-22(20)30(24(25)32)15-18-13-16-12-17(26)4-7-21(16)29(18)11-9-23(31)28-35(33,34)19-5-6-19/h4,7-8,10,12-14,19H,3,5-6,9,11,15H2,1-2H3,(H,28,31). The van der Waals surface area contributed by atoms with E-state index in [1.165, 1.54) is 0 Å². The molecule has 0 spiro atoms. The van der Waals surface area contributed by atoms with E-state index >= 15 is 0 Å². The van der Waals surface area contributed by atoms with Gasteiger partial charge in [-0.1, -0.05) is 18.5 Å². The summed E-state index contributed by atoms with van der Waals surface area (Å²) in [5.41, 5.74) is 2.79. The minimum absolute atomic E-state index is 0.00566. The Labute approximate surface area is 209 Å². The van der Waals surface area contributed by atoms with Gasteiger partial charge in [-0.15, -0.1) is 0 Å². The van der Waals surface area contributed by atoms with Crippen molar-refractivity contribution in [3.63, 3.8) is 0 Å². The first-order valence-corrected chi connectivity index (χ1v) is 13.6. The van der Waals surface area contributed by atoms with Gasteiger partial charge in [0.15, 0.2) is 0 Å². The van der Waals surface area contributed by atoms with Crippen LogP contribution in [0.4, 0.5) is 5.69 Å². The van der Waals surface area contributed by atoms with Gasteiger partial charge in [-0.3, -0.25) is 19.3 Å². The molecule has 35 heavy (non-hydrogen) atoms. The number of fused-ring (bicyclic) bond motifs is 2. The molecule has 1 fully saturated rings. The zero-order chi connectivity index (χ0) is 25.0. The first-order chi connectivity index (χ1) is 16.6. The lowest BCUT2D eigenvalue weighted by Gasteiger charge is -2.23. The van der Waals surface area contributed by atoms with Crippen molar-refractivity contribution >= 4 is 50.0 Å². The second kappa shape index (κ2) is 8.64. The van der Waals surface area contributed by atoms with Crippen LogP contribution in [0.1, 0.15) is 50.8 Å². The van der Waals surface area contributed by atoms with Crippen LogP contribution in [0.3, 0.4) is 0 Å². The summed E-state index contributed by atoms with van der Waals surface area (Å²) in [5.74, 6) is -0.532. The van der Waals surface area contributed by atoms with E-state index in [-0.39, 0.29) is 18.9 Å². The molecule has 1 saturated carbocycles. The van der Waals surface area contributed by atoms with E-state index in [2.05, 4.69) is 9.71 Å². The Morgan fingerprint density at radius 2 is 2.03 bits per heavy atom. The van der Waals surface area contributed by atoms with Crippen molar-refractivity contribution in [1.29, 1.82) is 0 Å². The van der Waals surface area contributed by atoms with Gasteiger partial charge in [0.05, 0.1) is 29.1 Å². The van der Waals surface area contributed by atoms with Gasteiger partial charge in [0.1, 0.15) is 0 Å². The Kier molecular flexibility index (Phi) is 5.88. The highest BCUT2D eigenvalue weighted by Gasteiger charge is 2.46. The molecule has 1 aliphatic heterocycles. The largest absolute Gasteiger partial charge is 0.342 e. The summed E-state index contributed by atoms with van der Waals surface area (Å²) in [7, 11) is -3.60. The summed E-state index contributed by atoms with van der Waals surface area (Å²) in [6.07, 6.45) is 5.25. The highest BCUT2D eigenvalue weighted by atomic mass is 35.5. The third kappa shape index (κ3) is 4.21. The molecular formula is C25H27ClN4O4S. The highest BCUT2D eigenvalue weighted by molar-refractivity contribution is 7.90. The molecule has 184 valence electrons. The zero-order valence-electron chi connectivity index (χ0n) is 19.6. The molecule has 1 aliphatic carbocycles. The van der Waals surface area contributed by atoms with Gasteiger partial charge < -0.3 is 9.47 Å². The lowest BCUT2D eigenvalue weighted by Crippen LogP contribution is -2.38. The van der Waals surface area contributed by atoms with Gasteiger partial charge in [0.2, 0.25) is 21.8 Å². The lowest BCUT2D eigenvalue weighted by molar-refractivity contribution is -0.123. The minimum atomic E-state index is -3.60. The van der Waals surface area contributed by atoms with Crippen molar-refractivity contribution in [2.75, 3.05) is 4.90 Å². The van der Waals surface area contributed by atoms with E-state index in [0.29, 0.717) is 30.8 Å². The van der Waals surface area contributed by atoms with E-state index in [1.807, 2.05) is 42.7 Å². The number of aromatic nitrogens is 2. The summed E-state index contributed by atoms with van der Waals surface area (Å²) in [6, 6.07) is 9.35. The predicted molar refractivity (Wildman–Crippen MR) is 135 cm³/mol. The van der Waals surface area contributed by atoms with Crippen LogP contribution in [0.15, 0.2) is 42.7 Å². The number of hydrogen-bond acceptors (Lipinski definition) is 5. The number of carbonyl (C=O) groups is 2. The van der Waals surface area contributed by atoms with Gasteiger partial charge in [-0.25, -0.2) is 8.42 Å². The number of benzene rings is 1. The summed E-state index contributed by atoms with van der Waals surface area (Å²) < 4.78 is 28.5. The number of halogens is 1. The van der Waals surface area contributed by atoms with Crippen LogP contribution in [0.25, 0.3) is 10.9 Å². The van der Waals surface area contributed by atoms with Crippen LogP contribution in [0.5, 0.6) is 0 Å². The Morgan fingerprint density at radius 3 is 2.74 bits per heavy atom. The molecule has 0 saturated heterocycles. The van der Waals surface area contributed by atoms with Gasteiger partial charge in [0.25, 0.3) is 0 Å². The number of carbonyl (C=O) groups excluding carboxylic acids is 2. The van der Waals surface area contributed by atoms with E-state index in [4.69, 9.17) is 11.6 Å². The maximum absolute atomic E-state index is 13.5. The fraction of sp³-hybridized carbons (Fsp3) is 0.400. The summed E-state index contributed by atoms with van der Waals surface area (Å²) in [4.78, 5) is 32.0. The predicted octanol–water partition coefficient (Wildman–Crippen LogP) is 3.90. The Bertz CT molecular complexity index is 1450. The van der Waals surface area contributed by atoms with Crippen molar-refractivity contribution in [2.45, 2.75) is 63.3 Å². The average molecular weight is 515 g/mol. The maximum atomic E-state index is 13.5. The number of anilines is 1. The van der Waals surface area contributed by atoms with Crippen LogP contribution in [0, 0.1) is 0 Å². The highest BCUT2D eigenvalue weighted by Crippen LogP contribution is 2.44. The van der Waals surface area contributed by atoms with E-state index in [1.54, 1.807) is 23.4 Å². The Balaban J connectivity index is 1.46. The molecule has 2 aliphatic rings. The normalized spacial score (nSPS) is 19.9. The molecule has 8 nitrogen and oxygen atoms in total. The van der Waals surface area contributed by atoms with Crippen molar-refractivity contribution in [2.24, 2.45) is 0 Å². The molecule has 2 aromatic heterocycles. The fourth-order valence-corrected chi connectivity index (χ4v) is 6.35.